The Hall–Kier alpha value is -1.21. The van der Waals surface area contributed by atoms with Crippen LogP contribution in [0.25, 0.3) is 0 Å². The quantitative estimate of drug-likeness (QED) is 0.863. The molecule has 0 spiro atoms. The summed E-state index contributed by atoms with van der Waals surface area (Å²) in [5.74, 6) is 1.74. The molecular weight excluding hydrogens is 284 g/mol. The van der Waals surface area contributed by atoms with Crippen LogP contribution in [0.3, 0.4) is 0 Å². The second-order valence-electron chi connectivity index (χ2n) is 4.88. The van der Waals surface area contributed by atoms with Crippen LogP contribution in [0.4, 0.5) is 0 Å². The van der Waals surface area contributed by atoms with E-state index in [2.05, 4.69) is 29.9 Å². The summed E-state index contributed by atoms with van der Waals surface area (Å²) in [6.07, 6.45) is 6.49. The van der Waals surface area contributed by atoms with Crippen molar-refractivity contribution in [2.24, 2.45) is 0 Å². The first kappa shape index (κ1) is 11.6. The first-order valence-electron chi connectivity index (χ1n) is 6.29. The zero-order valence-corrected chi connectivity index (χ0v) is 11.6. The van der Waals surface area contributed by atoms with Gasteiger partial charge < -0.3 is 4.57 Å². The standard InChI is InChI=1S/C11H11ClN6S/c12-10-14-8(5-13-16-10)19-11-17-15-9(6-1-2-6)18(11)7-3-4-7/h5-7H,1-4H2. The number of hydrogen-bond acceptors (Lipinski definition) is 6. The van der Waals surface area contributed by atoms with Crippen molar-refractivity contribution in [2.45, 2.75) is 47.8 Å². The Morgan fingerprint density at radius 1 is 1.16 bits per heavy atom. The predicted molar refractivity (Wildman–Crippen MR) is 69.2 cm³/mol. The number of rotatable bonds is 4. The monoisotopic (exact) mass is 294 g/mol. The second kappa shape index (κ2) is 4.42. The Labute approximate surface area is 119 Å². The topological polar surface area (TPSA) is 69.4 Å². The lowest BCUT2D eigenvalue weighted by molar-refractivity contribution is 0.626. The minimum absolute atomic E-state index is 0.157. The molecule has 19 heavy (non-hydrogen) atoms. The Balaban J connectivity index is 1.67. The zero-order chi connectivity index (χ0) is 12.8. The SMILES string of the molecule is Clc1nncc(Sc2nnc(C3CC3)n2C2CC2)n1. The van der Waals surface area contributed by atoms with E-state index in [-0.39, 0.29) is 5.28 Å². The Bertz CT molecular complexity index is 621. The van der Waals surface area contributed by atoms with E-state index in [0.717, 1.165) is 11.0 Å². The molecule has 0 N–H and O–H groups in total. The molecule has 2 aliphatic rings. The summed E-state index contributed by atoms with van der Waals surface area (Å²) < 4.78 is 2.28. The van der Waals surface area contributed by atoms with Gasteiger partial charge in [-0.2, -0.15) is 5.10 Å². The van der Waals surface area contributed by atoms with E-state index in [9.17, 15) is 0 Å². The molecule has 2 aliphatic carbocycles. The molecule has 98 valence electrons. The summed E-state index contributed by atoms with van der Waals surface area (Å²) >= 11 is 7.20. The smallest absolute Gasteiger partial charge is 0.244 e. The second-order valence-corrected chi connectivity index (χ2v) is 6.21. The molecule has 0 bridgehead atoms. The van der Waals surface area contributed by atoms with Gasteiger partial charge in [0.05, 0.1) is 6.20 Å². The lowest BCUT2D eigenvalue weighted by Crippen LogP contribution is -2.02. The minimum Gasteiger partial charge on any atom is -0.302 e. The molecule has 0 atom stereocenters. The van der Waals surface area contributed by atoms with Crippen molar-refractivity contribution in [2.75, 3.05) is 0 Å². The normalized spacial score (nSPS) is 18.8. The third kappa shape index (κ3) is 2.32. The fraction of sp³-hybridized carbons (Fsp3) is 0.545. The zero-order valence-electron chi connectivity index (χ0n) is 10.0. The molecule has 2 heterocycles. The maximum Gasteiger partial charge on any atom is 0.244 e. The average molecular weight is 295 g/mol. The Morgan fingerprint density at radius 2 is 2.00 bits per heavy atom. The minimum atomic E-state index is 0.157. The number of aromatic nitrogens is 6. The number of hydrogen-bond donors (Lipinski definition) is 0. The first-order chi connectivity index (χ1) is 9.31. The molecule has 2 aromatic heterocycles. The van der Waals surface area contributed by atoms with Gasteiger partial charge in [-0.3, -0.25) is 0 Å². The molecule has 0 unspecified atom stereocenters. The molecule has 2 aromatic rings. The number of nitrogens with zero attached hydrogens (tertiary/aromatic N) is 6. The third-order valence-corrected chi connectivity index (χ3v) is 4.28. The van der Waals surface area contributed by atoms with Crippen molar-refractivity contribution in [3.63, 3.8) is 0 Å². The molecule has 0 aliphatic heterocycles. The van der Waals surface area contributed by atoms with E-state index in [1.807, 2.05) is 0 Å². The molecule has 0 aromatic carbocycles. The van der Waals surface area contributed by atoms with Crippen molar-refractivity contribution >= 4 is 23.4 Å². The lowest BCUT2D eigenvalue weighted by atomic mass is 10.4. The Kier molecular flexibility index (Phi) is 2.70. The van der Waals surface area contributed by atoms with Gasteiger partial charge in [-0.25, -0.2) is 4.98 Å². The highest BCUT2D eigenvalue weighted by molar-refractivity contribution is 7.99. The number of halogens is 1. The van der Waals surface area contributed by atoms with Gasteiger partial charge in [0.15, 0.2) is 5.16 Å². The molecular formula is C11H11ClN6S. The Morgan fingerprint density at radius 3 is 2.68 bits per heavy atom. The maximum absolute atomic E-state index is 5.75. The van der Waals surface area contributed by atoms with E-state index >= 15 is 0 Å². The van der Waals surface area contributed by atoms with Gasteiger partial charge in [0.25, 0.3) is 0 Å². The van der Waals surface area contributed by atoms with Gasteiger partial charge in [0.1, 0.15) is 10.9 Å². The summed E-state index contributed by atoms with van der Waals surface area (Å²) in [5, 5.41) is 17.9. The van der Waals surface area contributed by atoms with Gasteiger partial charge in [-0.15, -0.1) is 15.3 Å². The van der Waals surface area contributed by atoms with Gasteiger partial charge in [-0.05, 0) is 49.0 Å². The molecule has 0 saturated heterocycles. The summed E-state index contributed by atoms with van der Waals surface area (Å²) in [6.45, 7) is 0. The summed E-state index contributed by atoms with van der Waals surface area (Å²) in [4.78, 5) is 4.13. The van der Waals surface area contributed by atoms with Crippen LogP contribution in [0.15, 0.2) is 16.4 Å². The van der Waals surface area contributed by atoms with Crippen LogP contribution in [-0.4, -0.2) is 29.9 Å². The van der Waals surface area contributed by atoms with Gasteiger partial charge in [0, 0.05) is 12.0 Å². The molecule has 2 saturated carbocycles. The highest BCUT2D eigenvalue weighted by atomic mass is 35.5. The van der Waals surface area contributed by atoms with Crippen LogP contribution in [-0.2, 0) is 0 Å². The average Bonchev–Trinajstić information content (AvgIpc) is 3.30. The van der Waals surface area contributed by atoms with E-state index < -0.39 is 0 Å². The molecule has 8 heteroatoms. The fourth-order valence-corrected chi connectivity index (χ4v) is 3.09. The van der Waals surface area contributed by atoms with E-state index in [4.69, 9.17) is 11.6 Å². The summed E-state index contributed by atoms with van der Waals surface area (Å²) in [7, 11) is 0. The third-order valence-electron chi connectivity index (χ3n) is 3.25. The highest BCUT2D eigenvalue weighted by Crippen LogP contribution is 2.46. The molecule has 2 fully saturated rings. The maximum atomic E-state index is 5.75. The molecule has 6 nitrogen and oxygen atoms in total. The van der Waals surface area contributed by atoms with Crippen LogP contribution < -0.4 is 0 Å². The summed E-state index contributed by atoms with van der Waals surface area (Å²) in [5.41, 5.74) is 0. The van der Waals surface area contributed by atoms with E-state index in [0.29, 0.717) is 17.0 Å². The molecule has 0 radical (unpaired) electrons. The van der Waals surface area contributed by atoms with E-state index in [1.54, 1.807) is 6.20 Å². The van der Waals surface area contributed by atoms with Crippen LogP contribution in [0.2, 0.25) is 5.28 Å². The summed E-state index contributed by atoms with van der Waals surface area (Å²) in [6, 6.07) is 0.568. The molecule has 0 amide bonds. The van der Waals surface area contributed by atoms with Gasteiger partial charge >= 0.3 is 0 Å². The van der Waals surface area contributed by atoms with E-state index in [1.165, 1.54) is 37.4 Å². The van der Waals surface area contributed by atoms with Gasteiger partial charge in [0.2, 0.25) is 5.28 Å². The highest BCUT2D eigenvalue weighted by Gasteiger charge is 2.36. The van der Waals surface area contributed by atoms with Crippen molar-refractivity contribution in [3.05, 3.63) is 17.3 Å². The first-order valence-corrected chi connectivity index (χ1v) is 7.48. The molecule has 4 rings (SSSR count). The fourth-order valence-electron chi connectivity index (χ4n) is 2.06. The lowest BCUT2D eigenvalue weighted by Gasteiger charge is -2.07. The van der Waals surface area contributed by atoms with Crippen LogP contribution in [0.5, 0.6) is 0 Å². The largest absolute Gasteiger partial charge is 0.302 e. The van der Waals surface area contributed by atoms with Crippen LogP contribution in [0, 0.1) is 0 Å². The van der Waals surface area contributed by atoms with Crippen molar-refractivity contribution in [3.8, 4) is 0 Å². The van der Waals surface area contributed by atoms with Crippen LogP contribution >= 0.6 is 23.4 Å². The van der Waals surface area contributed by atoms with Crippen molar-refractivity contribution < 1.29 is 0 Å². The van der Waals surface area contributed by atoms with Crippen LogP contribution in [0.1, 0.15) is 43.5 Å². The predicted octanol–water partition coefficient (Wildman–Crippen LogP) is 2.48. The van der Waals surface area contributed by atoms with Gasteiger partial charge in [-0.1, -0.05) is 0 Å². The van der Waals surface area contributed by atoms with Crippen molar-refractivity contribution in [1.82, 2.24) is 29.9 Å². The van der Waals surface area contributed by atoms with Crippen molar-refractivity contribution in [1.29, 1.82) is 0 Å².